The predicted octanol–water partition coefficient (Wildman–Crippen LogP) is 17.5. The van der Waals surface area contributed by atoms with Crippen LogP contribution in [0.25, 0.3) is 110 Å². The summed E-state index contributed by atoms with van der Waals surface area (Å²) in [4.78, 5) is 0. The van der Waals surface area contributed by atoms with Crippen LogP contribution in [0, 0.1) is 0 Å². The normalized spacial score (nSPS) is 11.5. The summed E-state index contributed by atoms with van der Waals surface area (Å²) < 4.78 is 4.89. The van der Waals surface area contributed by atoms with Crippen LogP contribution in [0.5, 0.6) is 0 Å². The van der Waals surface area contributed by atoms with Gasteiger partial charge >= 0.3 is 0 Å². The molecule has 0 N–H and O–H groups in total. The Morgan fingerprint density at radius 2 is 0.831 bits per heavy atom. The molecule has 2 nitrogen and oxygen atoms in total. The Morgan fingerprint density at radius 1 is 0.338 bits per heavy atom. The lowest BCUT2D eigenvalue weighted by atomic mass is 9.96. The second-order valence-corrected chi connectivity index (χ2v) is 16.5. The molecule has 0 radical (unpaired) electrons. The van der Waals surface area contributed by atoms with Gasteiger partial charge in [-0.2, -0.15) is 0 Å². The van der Waals surface area contributed by atoms with Gasteiger partial charge in [-0.3, -0.25) is 0 Å². The lowest BCUT2D eigenvalue weighted by Gasteiger charge is -2.15. The molecule has 2 heteroatoms. The first-order chi connectivity index (χ1) is 32.2. The van der Waals surface area contributed by atoms with E-state index in [1.807, 2.05) is 19.1 Å². The number of benzene rings is 10. The second kappa shape index (κ2) is 17.0. The van der Waals surface area contributed by atoms with E-state index >= 15 is 0 Å². The van der Waals surface area contributed by atoms with E-state index < -0.39 is 0 Å². The van der Waals surface area contributed by atoms with Gasteiger partial charge in [0, 0.05) is 32.8 Å². The van der Waals surface area contributed by atoms with Gasteiger partial charge in [0.15, 0.2) is 0 Å². The maximum Gasteiger partial charge on any atom is 0.0547 e. The monoisotopic (exact) mass is 830 g/mol. The van der Waals surface area contributed by atoms with Crippen molar-refractivity contribution in [2.45, 2.75) is 6.92 Å². The second-order valence-electron chi connectivity index (χ2n) is 16.5. The molecule has 65 heavy (non-hydrogen) atoms. The molecule has 2 heterocycles. The summed E-state index contributed by atoms with van der Waals surface area (Å²) in [6.07, 6.45) is 5.58. The molecule has 0 atom stereocenters. The maximum absolute atomic E-state index is 3.46. The van der Waals surface area contributed by atoms with Gasteiger partial charge in [0.05, 0.1) is 27.8 Å². The number of nitrogens with zero attached hydrogens (tertiary/aromatic N) is 2. The molecule has 12 rings (SSSR count). The number of hydrogen-bond donors (Lipinski definition) is 0. The lowest BCUT2D eigenvalue weighted by molar-refractivity contribution is 1.18. The van der Waals surface area contributed by atoms with Crippen molar-refractivity contribution in [1.82, 2.24) is 9.13 Å². The average molecular weight is 831 g/mol. The van der Waals surface area contributed by atoms with Crippen LogP contribution in [0.4, 0.5) is 0 Å². The van der Waals surface area contributed by atoms with E-state index in [1.54, 1.807) is 6.08 Å². The standard InChI is InChI=1S/C58H38N2.C5H8/c1-2-13-39(14-3-1)41-27-31-48(32-28-41)59-55-23-10-7-20-50(55)52-33-29-45(37-57(52)59)46-30-34-53-51-21-8-11-24-56(51)60(58(53)38-46)54-22-9-6-19-49(54)47-18-12-17-43(36-47)44-26-25-40-15-4-5-16-42(40)35-44;1-3-5-4-2/h1-38H;3-5H,1H2,2H3/b;5-4-. The Morgan fingerprint density at radius 3 is 1.52 bits per heavy atom. The minimum atomic E-state index is 1.15. The number of allylic oxidation sites excluding steroid dienone is 3. The van der Waals surface area contributed by atoms with Crippen LogP contribution in [0.3, 0.4) is 0 Å². The topological polar surface area (TPSA) is 9.86 Å². The third-order valence-corrected chi connectivity index (χ3v) is 12.6. The van der Waals surface area contributed by atoms with Gasteiger partial charge in [-0.1, -0.05) is 201 Å². The summed E-state index contributed by atoms with van der Waals surface area (Å²) in [7, 11) is 0. The highest BCUT2D eigenvalue weighted by atomic mass is 15.0. The van der Waals surface area contributed by atoms with Crippen molar-refractivity contribution in [1.29, 1.82) is 0 Å². The molecular weight excluding hydrogens is 785 g/mol. The zero-order valence-corrected chi connectivity index (χ0v) is 36.3. The Labute approximate surface area is 379 Å². The number of aromatic nitrogens is 2. The third-order valence-electron chi connectivity index (χ3n) is 12.6. The number of para-hydroxylation sites is 3. The average Bonchev–Trinajstić information content (AvgIpc) is 3.89. The fourth-order valence-corrected chi connectivity index (χ4v) is 9.56. The zero-order valence-electron chi connectivity index (χ0n) is 36.3. The van der Waals surface area contributed by atoms with E-state index in [-0.39, 0.29) is 0 Å². The molecular formula is C63H46N2. The molecule has 10 aromatic carbocycles. The zero-order chi connectivity index (χ0) is 43.7. The molecule has 0 saturated carbocycles. The highest BCUT2D eigenvalue weighted by Crippen LogP contribution is 2.40. The predicted molar refractivity (Wildman–Crippen MR) is 279 cm³/mol. The minimum absolute atomic E-state index is 1.15. The summed E-state index contributed by atoms with van der Waals surface area (Å²) >= 11 is 0. The van der Waals surface area contributed by atoms with Gasteiger partial charge in [-0.25, -0.2) is 0 Å². The number of fused-ring (bicyclic) bond motifs is 7. The summed E-state index contributed by atoms with van der Waals surface area (Å²) in [5, 5.41) is 7.49. The van der Waals surface area contributed by atoms with Crippen LogP contribution in [0.15, 0.2) is 255 Å². The van der Waals surface area contributed by atoms with Gasteiger partial charge in [0.1, 0.15) is 0 Å². The number of rotatable bonds is 7. The van der Waals surface area contributed by atoms with Crippen molar-refractivity contribution in [3.05, 3.63) is 255 Å². The van der Waals surface area contributed by atoms with Gasteiger partial charge in [-0.15, -0.1) is 0 Å². The first-order valence-electron chi connectivity index (χ1n) is 22.3. The Kier molecular flexibility index (Phi) is 10.3. The Bertz CT molecular complexity index is 3730. The van der Waals surface area contributed by atoms with E-state index in [0.29, 0.717) is 0 Å². The van der Waals surface area contributed by atoms with Gasteiger partial charge in [-0.05, 0) is 111 Å². The first-order valence-corrected chi connectivity index (χ1v) is 22.3. The quantitative estimate of drug-likeness (QED) is 0.142. The molecule has 0 unspecified atom stereocenters. The summed E-state index contributed by atoms with van der Waals surface area (Å²) in [5.74, 6) is 0. The molecule has 0 aliphatic carbocycles. The van der Waals surface area contributed by atoms with Crippen molar-refractivity contribution in [2.24, 2.45) is 0 Å². The Balaban J connectivity index is 0.000000892. The fraction of sp³-hybridized carbons (Fsp3) is 0.0159. The van der Waals surface area contributed by atoms with Crippen molar-refractivity contribution in [2.75, 3.05) is 0 Å². The van der Waals surface area contributed by atoms with Crippen LogP contribution in [0.2, 0.25) is 0 Å². The highest BCUT2D eigenvalue weighted by Gasteiger charge is 2.18. The van der Waals surface area contributed by atoms with E-state index in [4.69, 9.17) is 0 Å². The molecule has 0 fully saturated rings. The summed E-state index contributed by atoms with van der Waals surface area (Å²) in [6.45, 7) is 5.42. The van der Waals surface area contributed by atoms with E-state index in [0.717, 1.165) is 11.4 Å². The van der Waals surface area contributed by atoms with E-state index in [9.17, 15) is 0 Å². The van der Waals surface area contributed by atoms with Crippen LogP contribution in [-0.2, 0) is 0 Å². The van der Waals surface area contributed by atoms with Crippen LogP contribution in [-0.4, -0.2) is 9.13 Å². The molecule has 0 amide bonds. The molecule has 12 aromatic rings. The van der Waals surface area contributed by atoms with Gasteiger partial charge < -0.3 is 9.13 Å². The SMILES string of the molecule is C=C/C=C\C.c1ccc(-c2ccc(-n3c4ccccc4c4ccc(-c5ccc6c7ccccc7n(-c7ccccc7-c7cccc(-c8ccc9ccccc9c8)c7)c6c5)cc43)cc2)cc1. The highest BCUT2D eigenvalue weighted by molar-refractivity contribution is 6.12. The molecule has 0 aliphatic rings. The maximum atomic E-state index is 3.46. The van der Waals surface area contributed by atoms with Crippen molar-refractivity contribution >= 4 is 54.4 Å². The molecule has 308 valence electrons. The molecule has 0 bridgehead atoms. The molecule has 0 aliphatic heterocycles. The lowest BCUT2D eigenvalue weighted by Crippen LogP contribution is -1.97. The first kappa shape index (κ1) is 39.4. The smallest absolute Gasteiger partial charge is 0.0547 e. The van der Waals surface area contributed by atoms with Crippen molar-refractivity contribution in [3.8, 4) is 55.9 Å². The molecule has 0 saturated heterocycles. The number of hydrogen-bond acceptors (Lipinski definition) is 0. The van der Waals surface area contributed by atoms with Crippen LogP contribution in [0.1, 0.15) is 6.92 Å². The van der Waals surface area contributed by atoms with Crippen molar-refractivity contribution in [3.63, 3.8) is 0 Å². The van der Waals surface area contributed by atoms with E-state index in [1.165, 1.54) is 98.9 Å². The van der Waals surface area contributed by atoms with Gasteiger partial charge in [0.2, 0.25) is 0 Å². The van der Waals surface area contributed by atoms with Crippen molar-refractivity contribution < 1.29 is 0 Å². The van der Waals surface area contributed by atoms with Crippen LogP contribution >= 0.6 is 0 Å². The summed E-state index contributed by atoms with van der Waals surface area (Å²) in [6, 6.07) is 84.3. The largest absolute Gasteiger partial charge is 0.309 e. The third kappa shape index (κ3) is 7.22. The van der Waals surface area contributed by atoms with E-state index in [2.05, 4.69) is 246 Å². The molecule has 0 spiro atoms. The Hall–Kier alpha value is -8.46. The minimum Gasteiger partial charge on any atom is -0.309 e. The van der Waals surface area contributed by atoms with Crippen LogP contribution < -0.4 is 0 Å². The van der Waals surface area contributed by atoms with Gasteiger partial charge in [0.25, 0.3) is 0 Å². The molecule has 2 aromatic heterocycles. The summed E-state index contributed by atoms with van der Waals surface area (Å²) in [5.41, 5.74) is 16.7. The fourth-order valence-electron chi connectivity index (χ4n) is 9.56.